The fourth-order valence-corrected chi connectivity index (χ4v) is 7.75. The van der Waals surface area contributed by atoms with Crippen LogP contribution in [0.3, 0.4) is 0 Å². The number of imide groups is 1. The van der Waals surface area contributed by atoms with Crippen molar-refractivity contribution in [3.63, 3.8) is 0 Å². The van der Waals surface area contributed by atoms with Crippen LogP contribution in [0.4, 0.5) is 19.0 Å². The van der Waals surface area contributed by atoms with Gasteiger partial charge in [-0.2, -0.15) is 18.2 Å². The molecule has 254 valence electrons. The normalized spacial score (nSPS) is 23.1. The third-order valence-electron chi connectivity index (χ3n) is 9.55. The number of alkyl halides is 3. The van der Waals surface area contributed by atoms with Gasteiger partial charge in [0.25, 0.3) is 11.8 Å². The van der Waals surface area contributed by atoms with E-state index in [-0.39, 0.29) is 30.3 Å². The number of fused-ring (bicyclic) bond motifs is 4. The number of anilines is 1. The molecule has 2 aromatic heterocycles. The average molecular weight is 717 g/mol. The van der Waals surface area contributed by atoms with Crippen molar-refractivity contribution in [3.05, 3.63) is 114 Å². The average Bonchev–Trinajstić information content (AvgIpc) is 3.41. The molecule has 17 heteroatoms. The van der Waals surface area contributed by atoms with Crippen molar-refractivity contribution in [1.29, 1.82) is 0 Å². The van der Waals surface area contributed by atoms with E-state index in [0.717, 1.165) is 4.57 Å². The molecule has 0 unspecified atom stereocenters. The molecule has 4 aromatic rings. The Hall–Kier alpha value is -5.02. The highest BCUT2D eigenvalue weighted by molar-refractivity contribution is 6.33. The Morgan fingerprint density at radius 1 is 1.04 bits per heavy atom. The minimum atomic E-state index is -4.75. The first-order chi connectivity index (χ1) is 23.2. The minimum Gasteiger partial charge on any atom is -0.504 e. The molecular weight excluding hydrogens is 692 g/mol. The first-order valence-electron chi connectivity index (χ1n) is 14.8. The molecule has 0 spiro atoms. The predicted octanol–water partition coefficient (Wildman–Crippen LogP) is 4.40. The fourth-order valence-electron chi connectivity index (χ4n) is 7.42. The summed E-state index contributed by atoms with van der Waals surface area (Å²) in [6.07, 6.45) is -2.63. The van der Waals surface area contributed by atoms with E-state index in [9.17, 15) is 32.7 Å². The quantitative estimate of drug-likeness (QED) is 0.229. The zero-order valence-electron chi connectivity index (χ0n) is 25.5. The summed E-state index contributed by atoms with van der Waals surface area (Å²) >= 11 is 12.4. The summed E-state index contributed by atoms with van der Waals surface area (Å²) in [6.45, 7) is -0.0318. The molecule has 2 amide bonds. The lowest BCUT2D eigenvalue weighted by molar-refractivity contribution is -0.139. The minimum absolute atomic E-state index is 0.0318. The van der Waals surface area contributed by atoms with E-state index < -0.39 is 63.2 Å². The number of aromatic hydroxyl groups is 1. The van der Waals surface area contributed by atoms with Crippen molar-refractivity contribution in [2.75, 3.05) is 12.5 Å². The highest BCUT2D eigenvalue weighted by Crippen LogP contribution is 2.62. The number of carbonyl (C=O) groups excluding carboxylic acids is 2. The second kappa shape index (κ2) is 11.3. The van der Waals surface area contributed by atoms with Crippen LogP contribution < -0.4 is 21.5 Å². The molecule has 1 saturated carbocycles. The third-order valence-corrected chi connectivity index (χ3v) is 10.1. The molecule has 2 N–H and O–H groups in total. The van der Waals surface area contributed by atoms with Crippen LogP contribution in [-0.2, 0) is 34.8 Å². The number of hydrazine groups is 1. The summed E-state index contributed by atoms with van der Waals surface area (Å²) < 4.78 is 48.8. The van der Waals surface area contributed by atoms with Crippen LogP contribution in [0.15, 0.2) is 76.0 Å². The summed E-state index contributed by atoms with van der Waals surface area (Å²) in [6, 6.07) is 10.5. The molecule has 49 heavy (non-hydrogen) atoms. The van der Waals surface area contributed by atoms with Crippen molar-refractivity contribution in [2.24, 2.45) is 13.0 Å². The van der Waals surface area contributed by atoms with Gasteiger partial charge >= 0.3 is 17.6 Å². The topological polar surface area (TPSA) is 141 Å². The summed E-state index contributed by atoms with van der Waals surface area (Å²) in [5, 5.41) is 11.4. The van der Waals surface area contributed by atoms with Crippen LogP contribution in [0, 0.1) is 5.92 Å². The van der Waals surface area contributed by atoms with E-state index in [1.807, 2.05) is 0 Å². The van der Waals surface area contributed by atoms with Gasteiger partial charge in [0.1, 0.15) is 0 Å². The van der Waals surface area contributed by atoms with Gasteiger partial charge < -0.3 is 9.84 Å². The SMILES string of the molecule is COc1ccc([C@H]2C3=CCn4c(=O)n(C)c(=O)n4[C@@H]3C[C@H]3C(=O)N(Nc4ncc(C(F)(F)F)cc4Cl)C(=O)[C@@]23c2ccc(Cl)cc2)cc1O. The van der Waals surface area contributed by atoms with Crippen molar-refractivity contribution < 1.29 is 32.6 Å². The van der Waals surface area contributed by atoms with E-state index >= 15 is 4.79 Å². The van der Waals surface area contributed by atoms with Crippen LogP contribution >= 0.6 is 23.2 Å². The van der Waals surface area contributed by atoms with Crippen LogP contribution in [0.2, 0.25) is 10.0 Å². The lowest BCUT2D eigenvalue weighted by atomic mass is 9.53. The highest BCUT2D eigenvalue weighted by Gasteiger charge is 2.69. The van der Waals surface area contributed by atoms with Gasteiger partial charge in [-0.15, -0.1) is 0 Å². The predicted molar refractivity (Wildman–Crippen MR) is 169 cm³/mol. The van der Waals surface area contributed by atoms with Crippen molar-refractivity contribution in [3.8, 4) is 11.5 Å². The van der Waals surface area contributed by atoms with Crippen LogP contribution in [-0.4, -0.2) is 48.0 Å². The number of methoxy groups -OCH3 is 1. The number of aromatic nitrogens is 4. The second-order valence-electron chi connectivity index (χ2n) is 11.9. The molecule has 1 aliphatic carbocycles. The van der Waals surface area contributed by atoms with Crippen LogP contribution in [0.5, 0.6) is 11.5 Å². The summed E-state index contributed by atoms with van der Waals surface area (Å²) in [5.41, 5.74) is -0.293. The number of allylic oxidation sites excluding steroid dienone is 2. The maximum atomic E-state index is 15.1. The van der Waals surface area contributed by atoms with Gasteiger partial charge in [-0.3, -0.25) is 15.0 Å². The van der Waals surface area contributed by atoms with Gasteiger partial charge in [0.05, 0.1) is 41.6 Å². The van der Waals surface area contributed by atoms with E-state index in [2.05, 4.69) is 10.4 Å². The number of pyridine rings is 1. The van der Waals surface area contributed by atoms with Crippen LogP contribution in [0.25, 0.3) is 0 Å². The first-order valence-corrected chi connectivity index (χ1v) is 15.5. The molecule has 2 fully saturated rings. The monoisotopic (exact) mass is 716 g/mol. The molecule has 7 rings (SSSR count). The van der Waals surface area contributed by atoms with E-state index in [1.165, 1.54) is 35.7 Å². The van der Waals surface area contributed by atoms with E-state index in [4.69, 9.17) is 27.9 Å². The number of halogens is 5. The van der Waals surface area contributed by atoms with Crippen molar-refractivity contribution in [1.82, 2.24) is 23.9 Å². The molecule has 2 aromatic carbocycles. The van der Waals surface area contributed by atoms with Gasteiger partial charge in [-0.25, -0.2) is 28.5 Å². The molecular formula is C32H25Cl2F3N6O6. The molecule has 4 heterocycles. The smallest absolute Gasteiger partial charge is 0.417 e. The molecule has 0 radical (unpaired) electrons. The Morgan fingerprint density at radius 2 is 1.76 bits per heavy atom. The third kappa shape index (κ3) is 4.70. The number of amides is 2. The van der Waals surface area contributed by atoms with Gasteiger partial charge in [-0.1, -0.05) is 47.5 Å². The van der Waals surface area contributed by atoms with Gasteiger partial charge in [0.15, 0.2) is 17.3 Å². The van der Waals surface area contributed by atoms with E-state index in [1.54, 1.807) is 36.4 Å². The number of phenolic OH excluding ortho intramolecular Hbond substituents is 1. The number of ether oxygens (including phenoxy) is 1. The number of rotatable bonds is 5. The van der Waals surface area contributed by atoms with Crippen molar-refractivity contribution >= 4 is 40.8 Å². The Labute approximate surface area is 284 Å². The number of hydrogen-bond donors (Lipinski definition) is 2. The Balaban J connectivity index is 1.47. The first kappa shape index (κ1) is 32.5. The summed E-state index contributed by atoms with van der Waals surface area (Å²) in [7, 11) is 2.70. The maximum Gasteiger partial charge on any atom is 0.417 e. The maximum absolute atomic E-state index is 15.1. The fraction of sp³-hybridized carbons (Fsp3) is 0.281. The zero-order valence-corrected chi connectivity index (χ0v) is 27.0. The Kier molecular flexibility index (Phi) is 7.48. The van der Waals surface area contributed by atoms with Gasteiger partial charge in [-0.05, 0) is 53.5 Å². The number of nitrogens with zero attached hydrogens (tertiary/aromatic N) is 5. The second-order valence-corrected chi connectivity index (χ2v) is 12.8. The van der Waals surface area contributed by atoms with Gasteiger partial charge in [0.2, 0.25) is 0 Å². The highest BCUT2D eigenvalue weighted by atomic mass is 35.5. The zero-order chi connectivity index (χ0) is 35.2. The molecule has 1 saturated heterocycles. The van der Waals surface area contributed by atoms with Crippen LogP contribution in [0.1, 0.15) is 35.1 Å². The Bertz CT molecular complexity index is 2210. The molecule has 2 aliphatic heterocycles. The van der Waals surface area contributed by atoms with Crippen molar-refractivity contribution in [2.45, 2.75) is 36.5 Å². The molecule has 3 aliphatic rings. The lowest BCUT2D eigenvalue weighted by Gasteiger charge is -2.49. The number of hydrogen-bond acceptors (Lipinski definition) is 8. The summed E-state index contributed by atoms with van der Waals surface area (Å²) in [4.78, 5) is 59.8. The molecule has 0 bridgehead atoms. The number of benzene rings is 2. The largest absolute Gasteiger partial charge is 0.504 e. The Morgan fingerprint density at radius 3 is 2.39 bits per heavy atom. The summed E-state index contributed by atoms with van der Waals surface area (Å²) in [5.74, 6) is -4.36. The number of carbonyl (C=O) groups is 2. The number of nitrogens with one attached hydrogen (secondary N) is 1. The molecule has 12 nitrogen and oxygen atoms in total. The van der Waals surface area contributed by atoms with E-state index in [0.29, 0.717) is 39.0 Å². The lowest BCUT2D eigenvalue weighted by Crippen LogP contribution is -2.53. The number of phenols is 1. The standard InChI is InChI=1S/C32H25Cl2F3N6O6/c1-40-29(47)41-10-9-19-22(43(41)30(40)48)13-20-27(45)42(39-26-21(34)12-17(14-38-26)32(35,36)37)28(46)31(20,16-4-6-18(33)7-5-16)25(19)15-3-8-24(49-2)23(44)11-15/h3-9,11-12,14,20,22,25,44H,10,13H2,1-2H3,(H,38,39)/t20-,22+,25-,31+/m0/s1. The molecule has 4 atom stereocenters. The van der Waals surface area contributed by atoms with Gasteiger partial charge in [0, 0.05) is 24.2 Å².